The summed E-state index contributed by atoms with van der Waals surface area (Å²) in [7, 11) is 3.46. The first-order valence-corrected chi connectivity index (χ1v) is 8.61. The van der Waals surface area contributed by atoms with Gasteiger partial charge in [-0.15, -0.1) is 0 Å². The lowest BCUT2D eigenvalue weighted by atomic mass is 9.67. The van der Waals surface area contributed by atoms with Crippen molar-refractivity contribution in [3.8, 4) is 0 Å². The molecule has 0 bridgehead atoms. The maximum absolute atomic E-state index is 12.7. The zero-order chi connectivity index (χ0) is 17.2. The van der Waals surface area contributed by atoms with Gasteiger partial charge in [0.1, 0.15) is 6.61 Å². The second-order valence-electron chi connectivity index (χ2n) is 7.18. The third kappa shape index (κ3) is 3.31. The summed E-state index contributed by atoms with van der Waals surface area (Å²) in [5.74, 6) is 0.211. The van der Waals surface area contributed by atoms with Gasteiger partial charge < -0.3 is 14.5 Å². The maximum Gasteiger partial charge on any atom is 0.248 e. The fraction of sp³-hybridized carbons (Fsp3) is 0.579. The van der Waals surface area contributed by atoms with Crippen LogP contribution in [-0.4, -0.2) is 62.0 Å². The van der Waals surface area contributed by atoms with Gasteiger partial charge in [-0.1, -0.05) is 30.3 Å². The van der Waals surface area contributed by atoms with Crippen LogP contribution in [-0.2, 0) is 14.3 Å². The molecular weight excluding hydrogens is 304 g/mol. The standard InChI is InChI=1S/C19H26N2O3/c1-20-14-19(8-10-21(11-9-19)17(22)13-24-2)12-16(18(20)23)15-6-4-3-5-7-15/h3-7,16H,8-14H2,1-2H3/t16-/m1/s1. The van der Waals surface area contributed by atoms with Crippen molar-refractivity contribution in [3.63, 3.8) is 0 Å². The number of likely N-dealkylation sites (tertiary alicyclic amines) is 2. The highest BCUT2D eigenvalue weighted by molar-refractivity contribution is 5.84. The van der Waals surface area contributed by atoms with Gasteiger partial charge in [-0.05, 0) is 30.2 Å². The van der Waals surface area contributed by atoms with Gasteiger partial charge in [0, 0.05) is 33.8 Å². The minimum atomic E-state index is -0.0637. The molecule has 2 aliphatic rings. The van der Waals surface area contributed by atoms with Crippen LogP contribution in [0.3, 0.4) is 0 Å². The van der Waals surface area contributed by atoms with Crippen LogP contribution in [0.4, 0.5) is 0 Å². The molecule has 5 heteroatoms. The summed E-state index contributed by atoms with van der Waals surface area (Å²) >= 11 is 0. The first-order valence-electron chi connectivity index (χ1n) is 8.61. The number of hydrogen-bond acceptors (Lipinski definition) is 3. The number of ether oxygens (including phenoxy) is 1. The second-order valence-corrected chi connectivity index (χ2v) is 7.18. The third-order valence-electron chi connectivity index (χ3n) is 5.53. The summed E-state index contributed by atoms with van der Waals surface area (Å²) in [6.07, 6.45) is 2.78. The van der Waals surface area contributed by atoms with E-state index in [4.69, 9.17) is 4.74 Å². The van der Waals surface area contributed by atoms with E-state index < -0.39 is 0 Å². The van der Waals surface area contributed by atoms with Crippen molar-refractivity contribution < 1.29 is 14.3 Å². The second kappa shape index (κ2) is 6.93. The molecule has 0 aromatic heterocycles. The van der Waals surface area contributed by atoms with Crippen LogP contribution in [0.1, 0.15) is 30.7 Å². The molecule has 0 saturated carbocycles. The minimum absolute atomic E-state index is 0.0622. The van der Waals surface area contributed by atoms with Crippen molar-refractivity contribution in [2.75, 3.05) is 40.4 Å². The van der Waals surface area contributed by atoms with E-state index in [1.165, 1.54) is 0 Å². The van der Waals surface area contributed by atoms with Crippen LogP contribution in [0, 0.1) is 5.41 Å². The molecular formula is C19H26N2O3. The minimum Gasteiger partial charge on any atom is -0.375 e. The van der Waals surface area contributed by atoms with E-state index in [0.717, 1.165) is 44.5 Å². The summed E-state index contributed by atoms with van der Waals surface area (Å²) in [6.45, 7) is 2.46. The van der Waals surface area contributed by atoms with Crippen LogP contribution >= 0.6 is 0 Å². The number of amides is 2. The van der Waals surface area contributed by atoms with E-state index in [1.807, 2.05) is 47.2 Å². The van der Waals surface area contributed by atoms with E-state index in [0.29, 0.717) is 0 Å². The monoisotopic (exact) mass is 330 g/mol. The quantitative estimate of drug-likeness (QED) is 0.850. The summed E-state index contributed by atoms with van der Waals surface area (Å²) in [5.41, 5.74) is 1.22. The van der Waals surface area contributed by atoms with Crippen LogP contribution in [0.15, 0.2) is 30.3 Å². The number of nitrogens with zero attached hydrogens (tertiary/aromatic N) is 2. The van der Waals surface area contributed by atoms with Crippen LogP contribution in [0.2, 0.25) is 0 Å². The van der Waals surface area contributed by atoms with Crippen LogP contribution in [0.25, 0.3) is 0 Å². The zero-order valence-electron chi connectivity index (χ0n) is 14.5. The fourth-order valence-corrected chi connectivity index (χ4v) is 4.19. The van der Waals surface area contributed by atoms with Gasteiger partial charge in [-0.2, -0.15) is 0 Å². The van der Waals surface area contributed by atoms with E-state index in [2.05, 4.69) is 0 Å². The van der Waals surface area contributed by atoms with Gasteiger partial charge >= 0.3 is 0 Å². The molecule has 5 nitrogen and oxygen atoms in total. The molecule has 130 valence electrons. The van der Waals surface area contributed by atoms with Crippen molar-refractivity contribution >= 4 is 11.8 Å². The molecule has 0 N–H and O–H groups in total. The fourth-order valence-electron chi connectivity index (χ4n) is 4.19. The van der Waals surface area contributed by atoms with Gasteiger partial charge in [-0.25, -0.2) is 0 Å². The molecule has 1 atom stereocenters. The molecule has 0 aliphatic carbocycles. The van der Waals surface area contributed by atoms with Crippen molar-refractivity contribution in [1.82, 2.24) is 9.80 Å². The van der Waals surface area contributed by atoms with Gasteiger partial charge in [0.25, 0.3) is 0 Å². The Morgan fingerprint density at radius 3 is 2.54 bits per heavy atom. The van der Waals surface area contributed by atoms with E-state index >= 15 is 0 Å². The highest BCUT2D eigenvalue weighted by Crippen LogP contribution is 2.45. The predicted molar refractivity (Wildman–Crippen MR) is 91.6 cm³/mol. The average molecular weight is 330 g/mol. The van der Waals surface area contributed by atoms with Crippen molar-refractivity contribution in [3.05, 3.63) is 35.9 Å². The van der Waals surface area contributed by atoms with Gasteiger partial charge in [0.2, 0.25) is 11.8 Å². The molecule has 0 radical (unpaired) electrons. The normalized spacial score (nSPS) is 23.6. The number of hydrogen-bond donors (Lipinski definition) is 0. The summed E-state index contributed by atoms with van der Waals surface area (Å²) in [4.78, 5) is 28.4. The van der Waals surface area contributed by atoms with Crippen molar-refractivity contribution in [2.24, 2.45) is 5.41 Å². The number of carbonyl (C=O) groups is 2. The Labute approximate surface area is 143 Å². The topological polar surface area (TPSA) is 49.9 Å². The Hall–Kier alpha value is -1.88. The Morgan fingerprint density at radius 2 is 1.92 bits per heavy atom. The third-order valence-corrected chi connectivity index (χ3v) is 5.53. The molecule has 2 amide bonds. The zero-order valence-corrected chi connectivity index (χ0v) is 14.5. The number of carbonyl (C=O) groups excluding carboxylic acids is 2. The summed E-state index contributed by atoms with van der Waals surface area (Å²) < 4.78 is 4.96. The molecule has 2 heterocycles. The lowest BCUT2D eigenvalue weighted by molar-refractivity contribution is -0.144. The number of rotatable bonds is 3. The van der Waals surface area contributed by atoms with Gasteiger partial charge in [-0.3, -0.25) is 9.59 Å². The van der Waals surface area contributed by atoms with E-state index in [9.17, 15) is 9.59 Å². The molecule has 2 fully saturated rings. The SMILES string of the molecule is COCC(=O)N1CCC2(CC1)C[C@H](c1ccccc1)C(=O)N(C)C2. The average Bonchev–Trinajstić information content (AvgIpc) is 2.60. The van der Waals surface area contributed by atoms with Crippen molar-refractivity contribution in [1.29, 1.82) is 0 Å². The smallest absolute Gasteiger partial charge is 0.248 e. The van der Waals surface area contributed by atoms with Crippen LogP contribution < -0.4 is 0 Å². The molecule has 24 heavy (non-hydrogen) atoms. The van der Waals surface area contributed by atoms with Crippen molar-refractivity contribution in [2.45, 2.75) is 25.2 Å². The Balaban J connectivity index is 1.73. The first-order chi connectivity index (χ1) is 11.5. The lowest BCUT2D eigenvalue weighted by Gasteiger charge is -2.49. The highest BCUT2D eigenvalue weighted by atomic mass is 16.5. The van der Waals surface area contributed by atoms with Gasteiger partial charge in [0.15, 0.2) is 0 Å². The van der Waals surface area contributed by atoms with E-state index in [1.54, 1.807) is 7.11 Å². The largest absolute Gasteiger partial charge is 0.375 e. The Bertz CT molecular complexity index is 594. The first kappa shape index (κ1) is 17.0. The van der Waals surface area contributed by atoms with E-state index in [-0.39, 0.29) is 29.8 Å². The lowest BCUT2D eigenvalue weighted by Crippen LogP contribution is -2.53. The molecule has 1 aromatic carbocycles. The molecule has 1 spiro atoms. The molecule has 2 aliphatic heterocycles. The highest BCUT2D eigenvalue weighted by Gasteiger charge is 2.45. The number of methoxy groups -OCH3 is 1. The predicted octanol–water partition coefficient (Wildman–Crippen LogP) is 1.89. The Morgan fingerprint density at radius 1 is 1.25 bits per heavy atom. The number of piperidine rings is 2. The molecule has 0 unspecified atom stereocenters. The summed E-state index contributed by atoms with van der Waals surface area (Å²) in [5, 5.41) is 0. The Kier molecular flexibility index (Phi) is 4.90. The molecule has 3 rings (SSSR count). The summed E-state index contributed by atoms with van der Waals surface area (Å²) in [6, 6.07) is 10.1. The number of benzene rings is 1. The molecule has 2 saturated heterocycles. The van der Waals surface area contributed by atoms with Crippen LogP contribution in [0.5, 0.6) is 0 Å². The maximum atomic E-state index is 12.7. The number of likely N-dealkylation sites (N-methyl/N-ethyl adjacent to an activating group) is 1. The molecule has 1 aromatic rings. The van der Waals surface area contributed by atoms with Gasteiger partial charge in [0.05, 0.1) is 5.92 Å².